The average Bonchev–Trinajstić information content (AvgIpc) is 2.92. The van der Waals surface area contributed by atoms with Gasteiger partial charge in [-0.25, -0.2) is 4.79 Å². The molecule has 5 nitrogen and oxygen atoms in total. The van der Waals surface area contributed by atoms with Crippen molar-refractivity contribution < 1.29 is 9.90 Å². The fourth-order valence-corrected chi connectivity index (χ4v) is 3.65. The Morgan fingerprint density at radius 1 is 1.32 bits per heavy atom. The summed E-state index contributed by atoms with van der Waals surface area (Å²) in [4.78, 5) is 15.1. The average molecular weight is 346 g/mol. The smallest absolute Gasteiger partial charge is 0.314 e. The van der Waals surface area contributed by atoms with Gasteiger partial charge in [0.05, 0.1) is 10.4 Å². The number of likely N-dealkylation sites (tertiary alicyclic amines) is 1. The minimum atomic E-state index is -0.514. The maximum absolute atomic E-state index is 11.7. The molecule has 0 aliphatic carbocycles. The molecular weight excluding hydrogens is 322 g/mol. The van der Waals surface area contributed by atoms with Gasteiger partial charge in [0, 0.05) is 24.5 Å². The van der Waals surface area contributed by atoms with E-state index in [1.54, 1.807) is 0 Å². The minimum Gasteiger partial charge on any atom is -0.390 e. The van der Waals surface area contributed by atoms with Gasteiger partial charge in [0.1, 0.15) is 0 Å². The first kappa shape index (κ1) is 17.5. The summed E-state index contributed by atoms with van der Waals surface area (Å²) >= 11 is 7.38. The van der Waals surface area contributed by atoms with Gasteiger partial charge in [-0.15, -0.1) is 11.3 Å². The van der Waals surface area contributed by atoms with E-state index in [9.17, 15) is 9.90 Å². The lowest BCUT2D eigenvalue weighted by molar-refractivity contribution is 0.101. The predicted molar refractivity (Wildman–Crippen MR) is 90.7 cm³/mol. The first-order chi connectivity index (χ1) is 10.6. The zero-order chi connectivity index (χ0) is 15.8. The van der Waals surface area contributed by atoms with E-state index in [0.717, 1.165) is 28.7 Å². The maximum atomic E-state index is 11.7. The van der Waals surface area contributed by atoms with Crippen molar-refractivity contribution in [3.63, 3.8) is 0 Å². The lowest BCUT2D eigenvalue weighted by Gasteiger charge is -2.28. The van der Waals surface area contributed by atoms with Crippen LogP contribution in [0.15, 0.2) is 12.1 Å². The largest absolute Gasteiger partial charge is 0.390 e. The van der Waals surface area contributed by atoms with Crippen LogP contribution in [0.4, 0.5) is 4.79 Å². The molecule has 2 amide bonds. The topological polar surface area (TPSA) is 64.6 Å². The highest BCUT2D eigenvalue weighted by Crippen LogP contribution is 2.21. The van der Waals surface area contributed by atoms with Crippen molar-refractivity contribution in [1.82, 2.24) is 15.5 Å². The number of nitrogens with zero attached hydrogens (tertiary/aromatic N) is 1. The van der Waals surface area contributed by atoms with Gasteiger partial charge in [0.2, 0.25) is 0 Å². The molecule has 0 radical (unpaired) electrons. The molecule has 2 rings (SSSR count). The monoisotopic (exact) mass is 345 g/mol. The highest BCUT2D eigenvalue weighted by atomic mass is 35.5. The van der Waals surface area contributed by atoms with Crippen molar-refractivity contribution in [3.05, 3.63) is 21.3 Å². The standard InChI is InChI=1S/C15H24ClN3O2S/c16-14-5-4-13(22-14)6-7-17-15(21)18-10-12(20)11-19-8-2-1-3-9-19/h4-5,12,20H,1-3,6-11H2,(H2,17,18,21)/t12-/m0/s1. The molecule has 0 saturated carbocycles. The molecule has 1 saturated heterocycles. The van der Waals surface area contributed by atoms with E-state index in [2.05, 4.69) is 15.5 Å². The maximum Gasteiger partial charge on any atom is 0.314 e. The number of rotatable bonds is 7. The van der Waals surface area contributed by atoms with E-state index in [1.807, 2.05) is 12.1 Å². The Kier molecular flexibility index (Phi) is 7.45. The Labute approximate surface area is 140 Å². The lowest BCUT2D eigenvalue weighted by atomic mass is 10.1. The summed E-state index contributed by atoms with van der Waals surface area (Å²) in [5, 5.41) is 15.5. The van der Waals surface area contributed by atoms with Crippen LogP contribution in [-0.2, 0) is 6.42 Å². The zero-order valence-corrected chi connectivity index (χ0v) is 14.3. The van der Waals surface area contributed by atoms with Crippen LogP contribution < -0.4 is 10.6 Å². The molecule has 3 N–H and O–H groups in total. The van der Waals surface area contributed by atoms with Crippen molar-refractivity contribution in [2.75, 3.05) is 32.7 Å². The summed E-state index contributed by atoms with van der Waals surface area (Å²) in [5.74, 6) is 0. The van der Waals surface area contributed by atoms with E-state index >= 15 is 0 Å². The van der Waals surface area contributed by atoms with Crippen molar-refractivity contribution in [3.8, 4) is 0 Å². The third kappa shape index (κ3) is 6.52. The minimum absolute atomic E-state index is 0.236. The summed E-state index contributed by atoms with van der Waals surface area (Å²) in [7, 11) is 0. The normalized spacial score (nSPS) is 17.2. The van der Waals surface area contributed by atoms with Crippen LogP contribution in [0.3, 0.4) is 0 Å². The van der Waals surface area contributed by atoms with Gasteiger partial charge in [-0.05, 0) is 44.5 Å². The first-order valence-electron chi connectivity index (χ1n) is 7.80. The molecule has 0 bridgehead atoms. The molecular formula is C15H24ClN3O2S. The van der Waals surface area contributed by atoms with Gasteiger partial charge in [-0.3, -0.25) is 0 Å². The van der Waals surface area contributed by atoms with E-state index in [0.29, 0.717) is 13.1 Å². The van der Waals surface area contributed by atoms with Crippen LogP contribution in [-0.4, -0.2) is 54.9 Å². The van der Waals surface area contributed by atoms with Gasteiger partial charge >= 0.3 is 6.03 Å². The number of hydrogen-bond acceptors (Lipinski definition) is 4. The Hall–Kier alpha value is -0.820. The number of halogens is 1. The van der Waals surface area contributed by atoms with Crippen molar-refractivity contribution in [1.29, 1.82) is 0 Å². The van der Waals surface area contributed by atoms with Crippen LogP contribution in [0.2, 0.25) is 4.34 Å². The number of aliphatic hydroxyl groups is 1. The number of carbonyl (C=O) groups is 1. The number of amides is 2. The molecule has 7 heteroatoms. The summed E-state index contributed by atoms with van der Waals surface area (Å²) in [5.41, 5.74) is 0. The Morgan fingerprint density at radius 3 is 2.77 bits per heavy atom. The van der Waals surface area contributed by atoms with Gasteiger partial charge in [0.15, 0.2) is 0 Å². The number of thiophene rings is 1. The number of piperidine rings is 1. The summed E-state index contributed by atoms with van der Waals surface area (Å²) in [6.07, 6.45) is 3.94. The van der Waals surface area contributed by atoms with E-state index in [-0.39, 0.29) is 12.6 Å². The number of β-amino-alcohol motifs (C(OH)–C–C–N with tert-alkyl or cyclic N) is 1. The van der Waals surface area contributed by atoms with Crippen LogP contribution in [0, 0.1) is 0 Å². The van der Waals surface area contributed by atoms with Crippen molar-refractivity contribution in [2.24, 2.45) is 0 Å². The van der Waals surface area contributed by atoms with Crippen LogP contribution in [0.1, 0.15) is 24.1 Å². The molecule has 0 unspecified atom stereocenters. The fraction of sp³-hybridized carbons (Fsp3) is 0.667. The fourth-order valence-electron chi connectivity index (χ4n) is 2.56. The van der Waals surface area contributed by atoms with Gasteiger partial charge < -0.3 is 20.6 Å². The zero-order valence-electron chi connectivity index (χ0n) is 12.7. The van der Waals surface area contributed by atoms with Crippen LogP contribution >= 0.6 is 22.9 Å². The second-order valence-electron chi connectivity index (χ2n) is 5.61. The summed E-state index contributed by atoms with van der Waals surface area (Å²) in [6, 6.07) is 3.59. The Balaban J connectivity index is 1.54. The van der Waals surface area contributed by atoms with Crippen molar-refractivity contribution in [2.45, 2.75) is 31.8 Å². The molecule has 22 heavy (non-hydrogen) atoms. The molecule has 1 aliphatic heterocycles. The molecule has 1 atom stereocenters. The Morgan fingerprint density at radius 2 is 2.09 bits per heavy atom. The van der Waals surface area contributed by atoms with Gasteiger partial charge in [-0.1, -0.05) is 18.0 Å². The SMILES string of the molecule is O=C(NCCc1ccc(Cl)s1)NC[C@H](O)CN1CCCCC1. The van der Waals surface area contributed by atoms with Crippen molar-refractivity contribution >= 4 is 29.0 Å². The van der Waals surface area contributed by atoms with E-state index in [4.69, 9.17) is 11.6 Å². The van der Waals surface area contributed by atoms with E-state index in [1.165, 1.54) is 30.6 Å². The predicted octanol–water partition coefficient (Wildman–Crippen LogP) is 2.09. The van der Waals surface area contributed by atoms with Gasteiger partial charge in [-0.2, -0.15) is 0 Å². The highest BCUT2D eigenvalue weighted by Gasteiger charge is 2.15. The van der Waals surface area contributed by atoms with E-state index < -0.39 is 6.10 Å². The number of nitrogens with one attached hydrogen (secondary N) is 2. The first-order valence-corrected chi connectivity index (χ1v) is 8.99. The third-order valence-electron chi connectivity index (χ3n) is 3.70. The number of aliphatic hydroxyl groups excluding tert-OH is 1. The number of urea groups is 1. The van der Waals surface area contributed by atoms with Crippen LogP contribution in [0.25, 0.3) is 0 Å². The summed E-state index contributed by atoms with van der Waals surface area (Å²) in [6.45, 7) is 3.57. The number of carbonyl (C=O) groups excluding carboxylic acids is 1. The molecule has 2 heterocycles. The quantitative estimate of drug-likeness (QED) is 0.709. The highest BCUT2D eigenvalue weighted by molar-refractivity contribution is 7.16. The molecule has 0 spiro atoms. The molecule has 1 fully saturated rings. The second-order valence-corrected chi connectivity index (χ2v) is 7.41. The molecule has 0 aromatic carbocycles. The summed E-state index contributed by atoms with van der Waals surface area (Å²) < 4.78 is 0.764. The van der Waals surface area contributed by atoms with Gasteiger partial charge in [0.25, 0.3) is 0 Å². The lowest BCUT2D eigenvalue weighted by Crippen LogP contribution is -2.45. The molecule has 1 aromatic rings. The molecule has 1 aromatic heterocycles. The van der Waals surface area contributed by atoms with Crippen LogP contribution in [0.5, 0.6) is 0 Å². The molecule has 1 aliphatic rings. The second kappa shape index (κ2) is 9.35. The molecule has 124 valence electrons. The number of hydrogen-bond donors (Lipinski definition) is 3. The Bertz CT molecular complexity index is 463. The third-order valence-corrected chi connectivity index (χ3v) is 4.99.